The van der Waals surface area contributed by atoms with Crippen molar-refractivity contribution in [3.05, 3.63) is 234 Å². The molecule has 1 atom stereocenters. The lowest BCUT2D eigenvalue weighted by atomic mass is 9.90. The van der Waals surface area contributed by atoms with Gasteiger partial charge in [-0.15, -0.1) is 0 Å². The van der Waals surface area contributed by atoms with Crippen molar-refractivity contribution in [2.75, 3.05) is 0 Å². The van der Waals surface area contributed by atoms with Gasteiger partial charge in [-0.05, 0) is 69.3 Å². The number of nitriles is 2. The topological polar surface area (TPSA) is 123 Å². The average Bonchev–Trinajstić information content (AvgIpc) is 3.39. The zero-order valence-corrected chi connectivity index (χ0v) is 34.3. The van der Waals surface area contributed by atoms with Gasteiger partial charge in [-0.25, -0.2) is 24.9 Å². The normalized spacial score (nSPS) is 13.1. The molecule has 0 fully saturated rings. The second-order valence-corrected chi connectivity index (χ2v) is 15.1. The molecule has 8 heteroatoms. The minimum atomic E-state index is -0.480. The van der Waals surface area contributed by atoms with Crippen molar-refractivity contribution in [1.82, 2.24) is 20.3 Å². The maximum Gasteiger partial charge on any atom is 0.165 e. The predicted octanol–water partition coefficient (Wildman–Crippen LogP) is 12.1. The van der Waals surface area contributed by atoms with Gasteiger partial charge in [0.05, 0.1) is 23.3 Å². The maximum absolute atomic E-state index is 10.5. The molecular formula is C56H36N8. The van der Waals surface area contributed by atoms with Gasteiger partial charge in [-0.2, -0.15) is 10.5 Å². The summed E-state index contributed by atoms with van der Waals surface area (Å²) in [5, 5.41) is 24.5. The van der Waals surface area contributed by atoms with Gasteiger partial charge in [0.25, 0.3) is 0 Å². The summed E-state index contributed by atoms with van der Waals surface area (Å²) in [6.45, 7) is 0. The molecule has 8 nitrogen and oxygen atoms in total. The molecular weight excluding hydrogens is 785 g/mol. The molecule has 0 bridgehead atoms. The van der Waals surface area contributed by atoms with Crippen LogP contribution in [0.5, 0.6) is 0 Å². The number of aliphatic imine (C=N–C) groups is 2. The van der Waals surface area contributed by atoms with Gasteiger partial charge in [0.15, 0.2) is 23.3 Å². The molecule has 0 amide bonds. The van der Waals surface area contributed by atoms with E-state index in [1.54, 1.807) is 0 Å². The molecule has 300 valence electrons. The first-order valence-electron chi connectivity index (χ1n) is 20.8. The number of hydrogen-bond acceptors (Lipinski definition) is 8. The number of hydrogen-bond donors (Lipinski definition) is 1. The molecule has 0 saturated carbocycles. The van der Waals surface area contributed by atoms with Gasteiger partial charge >= 0.3 is 0 Å². The summed E-state index contributed by atoms with van der Waals surface area (Å²) in [6, 6.07) is 72.5. The fourth-order valence-electron chi connectivity index (χ4n) is 7.91. The van der Waals surface area contributed by atoms with Crippen molar-refractivity contribution >= 4 is 11.7 Å². The Morgan fingerprint density at radius 2 is 0.844 bits per heavy atom. The fourth-order valence-corrected chi connectivity index (χ4v) is 7.91. The van der Waals surface area contributed by atoms with Gasteiger partial charge in [0.1, 0.15) is 12.0 Å². The summed E-state index contributed by atoms with van der Waals surface area (Å²) in [5.74, 6) is 2.51. The molecule has 1 aromatic heterocycles. The van der Waals surface area contributed by atoms with Crippen molar-refractivity contribution < 1.29 is 0 Å². The summed E-state index contributed by atoms with van der Waals surface area (Å²) in [6.07, 6.45) is -0.480. The van der Waals surface area contributed by atoms with Gasteiger partial charge in [-0.1, -0.05) is 176 Å². The van der Waals surface area contributed by atoms with Gasteiger partial charge in [0, 0.05) is 27.8 Å². The van der Waals surface area contributed by atoms with E-state index in [-0.39, 0.29) is 0 Å². The Kier molecular flexibility index (Phi) is 10.7. The third kappa shape index (κ3) is 7.94. The van der Waals surface area contributed by atoms with E-state index in [1.165, 1.54) is 0 Å². The van der Waals surface area contributed by atoms with E-state index in [2.05, 4.69) is 59.9 Å². The highest BCUT2D eigenvalue weighted by Crippen LogP contribution is 2.37. The molecule has 9 aromatic rings. The van der Waals surface area contributed by atoms with Crippen LogP contribution in [0, 0.1) is 22.7 Å². The van der Waals surface area contributed by atoms with Crippen molar-refractivity contribution in [2.24, 2.45) is 9.98 Å². The minimum absolute atomic E-state index is 0.393. The lowest BCUT2D eigenvalue weighted by Gasteiger charge is -2.24. The minimum Gasteiger partial charge on any atom is -0.344 e. The molecule has 0 radical (unpaired) electrons. The summed E-state index contributed by atoms with van der Waals surface area (Å²) >= 11 is 0. The van der Waals surface area contributed by atoms with E-state index in [9.17, 15) is 10.5 Å². The second-order valence-electron chi connectivity index (χ2n) is 15.1. The van der Waals surface area contributed by atoms with Gasteiger partial charge in [0.2, 0.25) is 0 Å². The molecule has 2 heterocycles. The number of amidine groups is 2. The van der Waals surface area contributed by atoms with Crippen LogP contribution >= 0.6 is 0 Å². The Labute approximate surface area is 370 Å². The molecule has 1 unspecified atom stereocenters. The smallest absolute Gasteiger partial charge is 0.165 e. The van der Waals surface area contributed by atoms with E-state index in [0.29, 0.717) is 51.4 Å². The third-order valence-electron chi connectivity index (χ3n) is 11.1. The highest BCUT2D eigenvalue weighted by Gasteiger charge is 2.24. The molecule has 0 saturated heterocycles. The highest BCUT2D eigenvalue weighted by atomic mass is 15.2. The first-order chi connectivity index (χ1) is 31.6. The second kappa shape index (κ2) is 17.5. The van der Waals surface area contributed by atoms with Crippen LogP contribution in [0.4, 0.5) is 0 Å². The van der Waals surface area contributed by atoms with Crippen LogP contribution < -0.4 is 5.32 Å². The third-order valence-corrected chi connectivity index (χ3v) is 11.1. The van der Waals surface area contributed by atoms with Crippen LogP contribution in [-0.4, -0.2) is 26.6 Å². The first kappa shape index (κ1) is 39.1. The first-order valence-corrected chi connectivity index (χ1v) is 20.8. The Bertz CT molecular complexity index is 3260. The Morgan fingerprint density at radius 3 is 1.41 bits per heavy atom. The average molecular weight is 821 g/mol. The molecule has 64 heavy (non-hydrogen) atoms. The Morgan fingerprint density at radius 1 is 0.375 bits per heavy atom. The standard InChI is InChI=1S/C56H36N8/c57-35-45-30-28-42(33-49(45)55-61-51(38-18-7-2-8-19-38)59-52(62-55)39-20-9-3-10-21-39)47-26-13-14-27-48(47)43-29-31-46(36-58)50(34-43)56-63-53(40-22-11-4-12-23-40)60-54(64-56)44-25-15-24-41(32-44)37-16-5-1-6-17-37/h1-34,54H,(H,60,63,64). The summed E-state index contributed by atoms with van der Waals surface area (Å²) in [5.41, 5.74) is 11.4. The lowest BCUT2D eigenvalue weighted by Crippen LogP contribution is -2.33. The van der Waals surface area contributed by atoms with Crippen LogP contribution in [0.25, 0.3) is 67.5 Å². The van der Waals surface area contributed by atoms with Crippen LogP contribution in [0.2, 0.25) is 0 Å². The quantitative estimate of drug-likeness (QED) is 0.155. The molecule has 0 spiro atoms. The maximum atomic E-state index is 10.5. The van der Waals surface area contributed by atoms with E-state index in [0.717, 1.165) is 55.6 Å². The number of nitrogens with zero attached hydrogens (tertiary/aromatic N) is 7. The summed E-state index contributed by atoms with van der Waals surface area (Å²) in [7, 11) is 0. The van der Waals surface area contributed by atoms with Crippen LogP contribution in [-0.2, 0) is 0 Å². The molecule has 1 aliphatic heterocycles. The van der Waals surface area contributed by atoms with Crippen LogP contribution in [0.15, 0.2) is 216 Å². The number of benzene rings is 8. The molecule has 8 aromatic carbocycles. The van der Waals surface area contributed by atoms with Crippen molar-refractivity contribution in [3.63, 3.8) is 0 Å². The van der Waals surface area contributed by atoms with Crippen molar-refractivity contribution in [3.8, 4) is 79.7 Å². The van der Waals surface area contributed by atoms with Gasteiger partial charge < -0.3 is 5.32 Å². The number of aromatic nitrogens is 3. The number of nitrogens with one attached hydrogen (secondary N) is 1. The van der Waals surface area contributed by atoms with Gasteiger partial charge in [-0.3, -0.25) is 0 Å². The summed E-state index contributed by atoms with van der Waals surface area (Å²) < 4.78 is 0. The summed E-state index contributed by atoms with van der Waals surface area (Å²) in [4.78, 5) is 25.0. The number of rotatable bonds is 9. The Hall–Kier alpha value is -9.11. The highest BCUT2D eigenvalue weighted by molar-refractivity contribution is 6.14. The lowest BCUT2D eigenvalue weighted by molar-refractivity contribution is 0.674. The zero-order valence-electron chi connectivity index (χ0n) is 34.3. The predicted molar refractivity (Wildman–Crippen MR) is 254 cm³/mol. The van der Waals surface area contributed by atoms with E-state index in [4.69, 9.17) is 24.9 Å². The Balaban J connectivity index is 1.08. The van der Waals surface area contributed by atoms with Crippen molar-refractivity contribution in [2.45, 2.75) is 6.17 Å². The SMILES string of the molecule is N#Cc1ccc(-c2ccccc2-c2ccc(C#N)c(-c3nc(-c4ccccc4)nc(-c4ccccc4)n3)c2)cc1C1=NC(c2cccc(-c3ccccc3)c2)NC(c2ccccc2)=N1. The van der Waals surface area contributed by atoms with E-state index < -0.39 is 6.17 Å². The van der Waals surface area contributed by atoms with Crippen LogP contribution in [0.3, 0.4) is 0 Å². The molecule has 1 N–H and O–H groups in total. The zero-order chi connectivity index (χ0) is 43.2. The molecule has 10 rings (SSSR count). The van der Waals surface area contributed by atoms with Crippen molar-refractivity contribution in [1.29, 1.82) is 10.5 Å². The molecule has 0 aliphatic carbocycles. The van der Waals surface area contributed by atoms with Crippen LogP contribution in [0.1, 0.15) is 34.0 Å². The largest absolute Gasteiger partial charge is 0.344 e. The molecule has 1 aliphatic rings. The van der Waals surface area contributed by atoms with E-state index in [1.807, 2.05) is 164 Å². The monoisotopic (exact) mass is 820 g/mol. The fraction of sp³-hybridized carbons (Fsp3) is 0.0179. The van der Waals surface area contributed by atoms with E-state index >= 15 is 0 Å².